The van der Waals surface area contributed by atoms with E-state index in [0.29, 0.717) is 16.3 Å². The van der Waals surface area contributed by atoms with Crippen molar-refractivity contribution in [3.05, 3.63) is 70.2 Å². The van der Waals surface area contributed by atoms with E-state index < -0.39 is 23.8 Å². The smallest absolute Gasteiger partial charge is 0.416 e. The second-order valence-corrected chi connectivity index (χ2v) is 7.66. The Labute approximate surface area is 157 Å². The Kier molecular flexibility index (Phi) is 5.50. The average Bonchev–Trinajstić information content (AvgIpc) is 2.98. The van der Waals surface area contributed by atoms with Crippen molar-refractivity contribution in [2.24, 2.45) is 0 Å². The average molecular weight is 402 g/mol. The zero-order valence-corrected chi connectivity index (χ0v) is 15.0. The van der Waals surface area contributed by atoms with E-state index in [2.05, 4.69) is 0 Å². The van der Waals surface area contributed by atoms with Gasteiger partial charge in [-0.15, -0.1) is 0 Å². The summed E-state index contributed by atoms with van der Waals surface area (Å²) in [5.74, 6) is -0.793. The predicted molar refractivity (Wildman–Crippen MR) is 91.6 cm³/mol. The molecule has 3 rings (SSSR count). The molecule has 0 spiro atoms. The molecule has 0 aliphatic carbocycles. The van der Waals surface area contributed by atoms with E-state index in [1.54, 1.807) is 18.2 Å². The first kappa shape index (κ1) is 19.1. The summed E-state index contributed by atoms with van der Waals surface area (Å²) in [4.78, 5) is 12.2. The molecule has 0 aromatic heterocycles. The Morgan fingerprint density at radius 2 is 1.92 bits per heavy atom. The maximum Gasteiger partial charge on any atom is 0.416 e. The molecule has 0 saturated carbocycles. The van der Waals surface area contributed by atoms with Gasteiger partial charge in [0.2, 0.25) is 0 Å². The van der Waals surface area contributed by atoms with Gasteiger partial charge in [-0.25, -0.2) is 0 Å². The van der Waals surface area contributed by atoms with Crippen molar-refractivity contribution in [3.63, 3.8) is 0 Å². The van der Waals surface area contributed by atoms with Crippen molar-refractivity contribution in [1.82, 2.24) is 0 Å². The van der Waals surface area contributed by atoms with Gasteiger partial charge in [0.05, 0.1) is 11.3 Å². The van der Waals surface area contributed by atoms with Gasteiger partial charge in [0, 0.05) is 16.1 Å². The van der Waals surface area contributed by atoms with Crippen LogP contribution in [0.4, 0.5) is 13.2 Å². The Morgan fingerprint density at radius 3 is 2.50 bits per heavy atom. The number of hydrogen-bond acceptors (Lipinski definition) is 3. The molecule has 3 atom stereocenters. The molecule has 1 heterocycles. The highest BCUT2D eigenvalue weighted by Crippen LogP contribution is 2.31. The van der Waals surface area contributed by atoms with Crippen molar-refractivity contribution in [3.8, 4) is 0 Å². The third-order valence-electron chi connectivity index (χ3n) is 4.34. The van der Waals surface area contributed by atoms with Crippen LogP contribution < -0.4 is 10.0 Å². The number of aliphatic carboxylic acids is 1. The lowest BCUT2D eigenvalue weighted by Gasteiger charge is -2.27. The zero-order valence-electron chi connectivity index (χ0n) is 13.4. The van der Waals surface area contributed by atoms with Crippen LogP contribution in [0.2, 0.25) is 5.02 Å². The van der Waals surface area contributed by atoms with Crippen LogP contribution >= 0.6 is 23.4 Å². The molecule has 1 unspecified atom stereocenters. The van der Waals surface area contributed by atoms with Crippen LogP contribution in [0.25, 0.3) is 0 Å². The number of hydrogen-bond donors (Lipinski definition) is 1. The lowest BCUT2D eigenvalue weighted by Crippen LogP contribution is -3.14. The van der Waals surface area contributed by atoms with Crippen LogP contribution in [0, 0.1) is 0 Å². The molecule has 2 aromatic rings. The van der Waals surface area contributed by atoms with Crippen molar-refractivity contribution in [1.29, 1.82) is 0 Å². The van der Waals surface area contributed by atoms with E-state index in [1.807, 2.05) is 6.07 Å². The van der Waals surface area contributed by atoms with Gasteiger partial charge >= 0.3 is 6.18 Å². The minimum Gasteiger partial charge on any atom is -0.544 e. The van der Waals surface area contributed by atoms with E-state index in [4.69, 9.17) is 11.6 Å². The fourth-order valence-electron chi connectivity index (χ4n) is 3.05. The molecule has 1 fully saturated rings. The highest BCUT2D eigenvalue weighted by molar-refractivity contribution is 7.99. The van der Waals surface area contributed by atoms with Gasteiger partial charge < -0.3 is 14.8 Å². The number of halogens is 4. The molecule has 1 saturated heterocycles. The molecule has 26 heavy (non-hydrogen) atoms. The molecule has 0 bridgehead atoms. The number of carbonyl (C=O) groups is 1. The van der Waals surface area contributed by atoms with Crippen molar-refractivity contribution < 1.29 is 28.0 Å². The number of thioether (sulfide) groups is 1. The highest BCUT2D eigenvalue weighted by atomic mass is 35.5. The van der Waals surface area contributed by atoms with E-state index in [9.17, 15) is 23.1 Å². The summed E-state index contributed by atoms with van der Waals surface area (Å²) < 4.78 is 38.1. The van der Waals surface area contributed by atoms with Crippen LogP contribution in [0.15, 0.2) is 48.5 Å². The summed E-state index contributed by atoms with van der Waals surface area (Å²) in [5.41, 5.74) is 0.789. The summed E-state index contributed by atoms with van der Waals surface area (Å²) in [7, 11) is 0. The molecule has 1 aliphatic heterocycles. The molecule has 138 valence electrons. The van der Waals surface area contributed by atoms with E-state index >= 15 is 0 Å². The van der Waals surface area contributed by atoms with Gasteiger partial charge in [0.25, 0.3) is 0 Å². The summed E-state index contributed by atoms with van der Waals surface area (Å²) in [5, 5.41) is 11.9. The third-order valence-corrected chi connectivity index (χ3v) is 6.01. The van der Waals surface area contributed by atoms with Gasteiger partial charge in [-0.1, -0.05) is 47.6 Å². The van der Waals surface area contributed by atoms with Gasteiger partial charge in [-0.05, 0) is 24.3 Å². The molecule has 1 aliphatic rings. The number of rotatable bonds is 4. The molecule has 2 aromatic carbocycles. The van der Waals surface area contributed by atoms with Gasteiger partial charge in [0.15, 0.2) is 5.37 Å². The SMILES string of the molecule is O=C([O-])[C@@H]1CS[C@@H](c2cccc(Cl)c2)[NH+]1Cc1ccc(C(F)(F)F)cc1. The third kappa shape index (κ3) is 4.16. The van der Waals surface area contributed by atoms with Crippen LogP contribution in [0.1, 0.15) is 22.1 Å². The highest BCUT2D eigenvalue weighted by Gasteiger charge is 2.40. The minimum atomic E-state index is -4.40. The molecule has 0 radical (unpaired) electrons. The van der Waals surface area contributed by atoms with Crippen molar-refractivity contribution in [2.45, 2.75) is 24.1 Å². The number of quaternary nitrogens is 1. The largest absolute Gasteiger partial charge is 0.544 e. The molecule has 3 nitrogen and oxygen atoms in total. The Hall–Kier alpha value is -1.70. The van der Waals surface area contributed by atoms with Crippen molar-refractivity contribution in [2.75, 3.05) is 5.75 Å². The minimum absolute atomic E-state index is 0.182. The second kappa shape index (κ2) is 7.50. The number of benzene rings is 2. The number of nitrogens with one attached hydrogen (secondary N) is 1. The lowest BCUT2D eigenvalue weighted by molar-refractivity contribution is -0.940. The van der Waals surface area contributed by atoms with E-state index in [0.717, 1.165) is 22.6 Å². The maximum absolute atomic E-state index is 12.7. The van der Waals surface area contributed by atoms with Crippen LogP contribution in [0.5, 0.6) is 0 Å². The predicted octanol–water partition coefficient (Wildman–Crippen LogP) is 2.31. The number of carbonyl (C=O) groups excluding carboxylic acids is 1. The maximum atomic E-state index is 12.7. The first-order valence-corrected chi connectivity index (χ1v) is 9.28. The molecular formula is C18H15ClF3NO2S. The summed E-state index contributed by atoms with van der Waals surface area (Å²) >= 11 is 7.52. The molecule has 8 heteroatoms. The first-order chi connectivity index (χ1) is 12.3. The lowest BCUT2D eigenvalue weighted by atomic mass is 10.1. The monoisotopic (exact) mass is 401 g/mol. The standard InChI is InChI=1S/C18H15ClF3NO2S/c19-14-3-1-2-12(8-14)16-23(15(10-26-16)17(24)25)9-11-4-6-13(7-5-11)18(20,21)22/h1-8,15-16H,9-10H2,(H,24,25)/t15-,16-/m0/s1. The Morgan fingerprint density at radius 1 is 1.23 bits per heavy atom. The summed E-state index contributed by atoms with van der Waals surface area (Å²) in [6.45, 7) is 0.279. The normalized spacial score (nSPS) is 23.2. The fourth-order valence-corrected chi connectivity index (χ4v) is 4.79. The molecular weight excluding hydrogens is 387 g/mol. The van der Waals surface area contributed by atoms with Crippen LogP contribution in [-0.4, -0.2) is 17.8 Å². The molecule has 0 amide bonds. The van der Waals surface area contributed by atoms with Gasteiger partial charge in [0.1, 0.15) is 18.6 Å². The fraction of sp³-hybridized carbons (Fsp3) is 0.278. The second-order valence-electron chi connectivity index (χ2n) is 6.09. The summed E-state index contributed by atoms with van der Waals surface area (Å²) in [6.07, 6.45) is -4.40. The Balaban J connectivity index is 1.86. The van der Waals surface area contributed by atoms with E-state index in [1.165, 1.54) is 23.9 Å². The van der Waals surface area contributed by atoms with Crippen molar-refractivity contribution >= 4 is 29.3 Å². The number of carboxylic acid groups (broad SMARTS) is 1. The molecule has 1 N–H and O–H groups in total. The van der Waals surface area contributed by atoms with Crippen LogP contribution in [-0.2, 0) is 17.5 Å². The first-order valence-electron chi connectivity index (χ1n) is 7.85. The Bertz CT molecular complexity index is 798. The number of carboxylic acids is 1. The van der Waals surface area contributed by atoms with Gasteiger partial charge in [-0.3, -0.25) is 0 Å². The topological polar surface area (TPSA) is 44.6 Å². The quantitative estimate of drug-likeness (QED) is 0.855. The van der Waals surface area contributed by atoms with E-state index in [-0.39, 0.29) is 11.9 Å². The van der Waals surface area contributed by atoms with Crippen LogP contribution in [0.3, 0.4) is 0 Å². The van der Waals surface area contributed by atoms with Gasteiger partial charge in [-0.2, -0.15) is 13.2 Å². The number of alkyl halides is 3. The summed E-state index contributed by atoms with van der Waals surface area (Å²) in [6, 6.07) is 11.2. The zero-order chi connectivity index (χ0) is 18.9.